The number of aromatic nitrogens is 2. The van der Waals surface area contributed by atoms with Crippen molar-refractivity contribution >= 4 is 17.5 Å². The van der Waals surface area contributed by atoms with Gasteiger partial charge in [-0.2, -0.15) is 5.10 Å². The Labute approximate surface area is 104 Å². The fourth-order valence-electron chi connectivity index (χ4n) is 1.76. The summed E-state index contributed by atoms with van der Waals surface area (Å²) in [5.41, 5.74) is 8.17. The van der Waals surface area contributed by atoms with Crippen LogP contribution in [0.4, 0.5) is 0 Å². The van der Waals surface area contributed by atoms with Gasteiger partial charge >= 0.3 is 0 Å². The number of primary amides is 1. The summed E-state index contributed by atoms with van der Waals surface area (Å²) >= 11 is 5.86. The van der Waals surface area contributed by atoms with Gasteiger partial charge in [-0.1, -0.05) is 11.6 Å². The van der Waals surface area contributed by atoms with E-state index in [-0.39, 0.29) is 0 Å². The summed E-state index contributed by atoms with van der Waals surface area (Å²) < 4.78 is 1.69. The normalized spacial score (nSPS) is 10.5. The van der Waals surface area contributed by atoms with Crippen LogP contribution in [0.3, 0.4) is 0 Å². The molecule has 0 aliphatic rings. The van der Waals surface area contributed by atoms with Crippen LogP contribution in [0.1, 0.15) is 21.7 Å². The Kier molecular flexibility index (Phi) is 2.90. The highest BCUT2D eigenvalue weighted by molar-refractivity contribution is 6.31. The predicted molar refractivity (Wildman–Crippen MR) is 66.6 cm³/mol. The van der Waals surface area contributed by atoms with Gasteiger partial charge in [-0.3, -0.25) is 4.79 Å². The summed E-state index contributed by atoms with van der Waals surface area (Å²) in [6, 6.07) is 6.93. The quantitative estimate of drug-likeness (QED) is 0.887. The zero-order chi connectivity index (χ0) is 12.6. The van der Waals surface area contributed by atoms with Crippen molar-refractivity contribution in [2.24, 2.45) is 5.73 Å². The van der Waals surface area contributed by atoms with E-state index >= 15 is 0 Å². The Bertz CT molecular complexity index is 589. The highest BCUT2D eigenvalue weighted by Crippen LogP contribution is 2.20. The number of benzene rings is 1. The minimum Gasteiger partial charge on any atom is -0.366 e. The van der Waals surface area contributed by atoms with Crippen LogP contribution in [0.25, 0.3) is 5.69 Å². The Morgan fingerprint density at radius 3 is 2.59 bits per heavy atom. The molecule has 0 atom stereocenters. The lowest BCUT2D eigenvalue weighted by Gasteiger charge is -2.09. The van der Waals surface area contributed by atoms with Crippen LogP contribution in [0, 0.1) is 13.8 Å². The van der Waals surface area contributed by atoms with E-state index in [1.165, 1.54) is 0 Å². The molecule has 1 amide bonds. The second kappa shape index (κ2) is 4.22. The molecule has 17 heavy (non-hydrogen) atoms. The standard InChI is InChI=1S/C12H12ClN3O/c1-7-5-8(2)16(15-7)11-4-3-9(13)6-10(11)12(14)17/h3-6H,1-2H3,(H2,14,17). The number of carbonyl (C=O) groups excluding carboxylic acids is 1. The Hall–Kier alpha value is -1.81. The lowest BCUT2D eigenvalue weighted by molar-refractivity contribution is 0.1000. The molecule has 1 heterocycles. The molecule has 1 aromatic carbocycles. The summed E-state index contributed by atoms with van der Waals surface area (Å²) in [4.78, 5) is 11.4. The molecule has 0 unspecified atom stereocenters. The van der Waals surface area contributed by atoms with Crippen molar-refractivity contribution in [3.05, 3.63) is 46.2 Å². The third kappa shape index (κ3) is 2.17. The first-order valence-corrected chi connectivity index (χ1v) is 5.50. The fraction of sp³-hybridized carbons (Fsp3) is 0.167. The van der Waals surface area contributed by atoms with E-state index < -0.39 is 5.91 Å². The number of aryl methyl sites for hydroxylation is 2. The van der Waals surface area contributed by atoms with Crippen molar-refractivity contribution < 1.29 is 4.79 Å². The summed E-state index contributed by atoms with van der Waals surface area (Å²) in [7, 11) is 0. The van der Waals surface area contributed by atoms with Gasteiger partial charge in [0.05, 0.1) is 16.9 Å². The van der Waals surface area contributed by atoms with Crippen molar-refractivity contribution in [3.63, 3.8) is 0 Å². The Morgan fingerprint density at radius 1 is 1.35 bits per heavy atom. The molecule has 0 saturated carbocycles. The van der Waals surface area contributed by atoms with E-state index in [0.29, 0.717) is 16.3 Å². The maximum atomic E-state index is 11.4. The third-order valence-electron chi connectivity index (χ3n) is 2.46. The minimum absolute atomic E-state index is 0.365. The zero-order valence-electron chi connectivity index (χ0n) is 9.57. The highest BCUT2D eigenvalue weighted by Gasteiger charge is 2.13. The van der Waals surface area contributed by atoms with Crippen molar-refractivity contribution in [2.75, 3.05) is 0 Å². The smallest absolute Gasteiger partial charge is 0.250 e. The first kappa shape index (κ1) is 11.7. The van der Waals surface area contributed by atoms with E-state index in [1.807, 2.05) is 19.9 Å². The highest BCUT2D eigenvalue weighted by atomic mass is 35.5. The van der Waals surface area contributed by atoms with Gasteiger partial charge in [-0.25, -0.2) is 4.68 Å². The van der Waals surface area contributed by atoms with Crippen LogP contribution in [-0.2, 0) is 0 Å². The first-order chi connectivity index (χ1) is 7.99. The zero-order valence-corrected chi connectivity index (χ0v) is 10.3. The summed E-state index contributed by atoms with van der Waals surface area (Å²) in [5, 5.41) is 4.79. The van der Waals surface area contributed by atoms with E-state index in [4.69, 9.17) is 17.3 Å². The molecule has 0 aliphatic heterocycles. The molecule has 0 saturated heterocycles. The first-order valence-electron chi connectivity index (χ1n) is 5.12. The SMILES string of the molecule is Cc1cc(C)n(-c2ccc(Cl)cc2C(N)=O)n1. The molecule has 5 heteroatoms. The summed E-state index contributed by atoms with van der Waals surface area (Å²) in [6.45, 7) is 3.81. The lowest BCUT2D eigenvalue weighted by Crippen LogP contribution is -2.15. The number of amides is 1. The van der Waals surface area contributed by atoms with Crippen molar-refractivity contribution in [2.45, 2.75) is 13.8 Å². The van der Waals surface area contributed by atoms with Gasteiger partial charge in [-0.05, 0) is 38.1 Å². The van der Waals surface area contributed by atoms with E-state index in [0.717, 1.165) is 11.4 Å². The molecule has 2 rings (SSSR count). The van der Waals surface area contributed by atoms with Crippen LogP contribution < -0.4 is 5.73 Å². The van der Waals surface area contributed by atoms with Gasteiger partial charge in [0.2, 0.25) is 0 Å². The van der Waals surface area contributed by atoms with E-state index in [9.17, 15) is 4.79 Å². The molecule has 4 nitrogen and oxygen atoms in total. The Morgan fingerprint density at radius 2 is 2.06 bits per heavy atom. The molecular formula is C12H12ClN3O. The van der Waals surface area contributed by atoms with Gasteiger partial charge in [0.25, 0.3) is 5.91 Å². The molecule has 88 valence electrons. The van der Waals surface area contributed by atoms with Gasteiger partial charge in [-0.15, -0.1) is 0 Å². The fourth-order valence-corrected chi connectivity index (χ4v) is 1.94. The van der Waals surface area contributed by atoms with Gasteiger partial charge in [0, 0.05) is 10.7 Å². The maximum Gasteiger partial charge on any atom is 0.250 e. The molecule has 0 spiro atoms. The number of carbonyl (C=O) groups is 1. The topological polar surface area (TPSA) is 60.9 Å². The molecule has 1 aromatic heterocycles. The molecule has 0 aliphatic carbocycles. The minimum atomic E-state index is -0.518. The van der Waals surface area contributed by atoms with E-state index in [1.54, 1.807) is 22.9 Å². The number of nitrogens with two attached hydrogens (primary N) is 1. The van der Waals surface area contributed by atoms with Crippen molar-refractivity contribution in [3.8, 4) is 5.69 Å². The lowest BCUT2D eigenvalue weighted by atomic mass is 10.1. The van der Waals surface area contributed by atoms with Gasteiger partial charge in [0.15, 0.2) is 0 Å². The number of nitrogens with zero attached hydrogens (tertiary/aromatic N) is 2. The number of rotatable bonds is 2. The average Bonchev–Trinajstić information content (AvgIpc) is 2.57. The third-order valence-corrected chi connectivity index (χ3v) is 2.70. The second-order valence-electron chi connectivity index (χ2n) is 3.86. The maximum absolute atomic E-state index is 11.4. The molecule has 2 N–H and O–H groups in total. The van der Waals surface area contributed by atoms with Crippen LogP contribution in [-0.4, -0.2) is 15.7 Å². The van der Waals surface area contributed by atoms with E-state index in [2.05, 4.69) is 5.10 Å². The van der Waals surface area contributed by atoms with Crippen molar-refractivity contribution in [1.82, 2.24) is 9.78 Å². The molecular weight excluding hydrogens is 238 g/mol. The predicted octanol–water partition coefficient (Wildman–Crippen LogP) is 2.24. The average molecular weight is 250 g/mol. The largest absolute Gasteiger partial charge is 0.366 e. The molecule has 0 radical (unpaired) electrons. The monoisotopic (exact) mass is 249 g/mol. The summed E-state index contributed by atoms with van der Waals surface area (Å²) in [5.74, 6) is -0.518. The molecule has 0 fully saturated rings. The van der Waals surface area contributed by atoms with Gasteiger partial charge in [0.1, 0.15) is 0 Å². The van der Waals surface area contributed by atoms with Crippen LogP contribution >= 0.6 is 11.6 Å². The Balaban J connectivity index is 2.67. The second-order valence-corrected chi connectivity index (χ2v) is 4.30. The number of halogens is 1. The molecule has 0 bridgehead atoms. The van der Waals surface area contributed by atoms with Crippen LogP contribution in [0.5, 0.6) is 0 Å². The number of hydrogen-bond acceptors (Lipinski definition) is 2. The van der Waals surface area contributed by atoms with Gasteiger partial charge < -0.3 is 5.73 Å². The van der Waals surface area contributed by atoms with Crippen LogP contribution in [0.15, 0.2) is 24.3 Å². The number of hydrogen-bond donors (Lipinski definition) is 1. The van der Waals surface area contributed by atoms with Crippen molar-refractivity contribution in [1.29, 1.82) is 0 Å². The molecule has 2 aromatic rings. The summed E-state index contributed by atoms with van der Waals surface area (Å²) in [6.07, 6.45) is 0. The van der Waals surface area contributed by atoms with Crippen LogP contribution in [0.2, 0.25) is 5.02 Å².